The molecular formula is C26H24FN5O. The van der Waals surface area contributed by atoms with Crippen LogP contribution in [0.3, 0.4) is 0 Å². The van der Waals surface area contributed by atoms with Crippen molar-refractivity contribution in [2.24, 2.45) is 0 Å². The Labute approximate surface area is 191 Å². The number of imidazole rings is 1. The first-order valence-electron chi connectivity index (χ1n) is 10.7. The first kappa shape index (κ1) is 20.8. The lowest BCUT2D eigenvalue weighted by Gasteiger charge is -2.31. The zero-order valence-electron chi connectivity index (χ0n) is 18.6. The van der Waals surface area contributed by atoms with Gasteiger partial charge in [0.2, 0.25) is 5.95 Å². The minimum absolute atomic E-state index is 0.253. The smallest absolute Gasteiger partial charge is 0.255 e. The molecule has 3 aromatic carbocycles. The minimum Gasteiger partial charge on any atom is -0.378 e. The maximum absolute atomic E-state index is 13.5. The molecular weight excluding hydrogens is 417 g/mol. The molecule has 1 atom stereocenters. The summed E-state index contributed by atoms with van der Waals surface area (Å²) >= 11 is 0. The van der Waals surface area contributed by atoms with Crippen LogP contribution in [0.4, 0.5) is 21.7 Å². The van der Waals surface area contributed by atoms with Crippen LogP contribution < -0.4 is 15.5 Å². The van der Waals surface area contributed by atoms with Gasteiger partial charge in [-0.2, -0.15) is 0 Å². The molecule has 1 aromatic heterocycles. The normalized spacial score (nSPS) is 15.2. The summed E-state index contributed by atoms with van der Waals surface area (Å²) in [7, 11) is 3.99. The monoisotopic (exact) mass is 441 g/mol. The molecule has 0 bridgehead atoms. The Hall–Kier alpha value is -4.13. The van der Waals surface area contributed by atoms with E-state index in [1.165, 1.54) is 12.1 Å². The topological polar surface area (TPSA) is 62.2 Å². The molecule has 0 radical (unpaired) electrons. The number of allylic oxidation sites excluding steroid dienone is 1. The summed E-state index contributed by atoms with van der Waals surface area (Å²) in [6, 6.07) is 21.4. The van der Waals surface area contributed by atoms with Crippen molar-refractivity contribution >= 4 is 34.3 Å². The van der Waals surface area contributed by atoms with Crippen molar-refractivity contribution in [2.45, 2.75) is 13.0 Å². The Bertz CT molecular complexity index is 1370. The maximum Gasteiger partial charge on any atom is 0.255 e. The molecule has 0 saturated carbocycles. The highest BCUT2D eigenvalue weighted by molar-refractivity contribution is 6.06. The van der Waals surface area contributed by atoms with Crippen LogP contribution in [-0.2, 0) is 4.79 Å². The second kappa shape index (κ2) is 8.09. The lowest BCUT2D eigenvalue weighted by atomic mass is 9.94. The van der Waals surface area contributed by atoms with E-state index in [1.807, 2.05) is 74.4 Å². The number of rotatable bonds is 4. The van der Waals surface area contributed by atoms with Crippen molar-refractivity contribution in [1.29, 1.82) is 0 Å². The Kier molecular flexibility index (Phi) is 5.09. The maximum atomic E-state index is 13.5. The molecule has 166 valence electrons. The molecule has 1 aliphatic heterocycles. The number of aromatic nitrogens is 2. The average Bonchev–Trinajstić information content (AvgIpc) is 3.17. The number of nitrogens with one attached hydrogen (secondary N) is 2. The Morgan fingerprint density at radius 3 is 2.42 bits per heavy atom. The summed E-state index contributed by atoms with van der Waals surface area (Å²) in [5.74, 6) is 0.0848. The number of nitrogens with zero attached hydrogens (tertiary/aromatic N) is 3. The van der Waals surface area contributed by atoms with Gasteiger partial charge in [0.1, 0.15) is 5.82 Å². The number of para-hydroxylation sites is 2. The first-order valence-corrected chi connectivity index (χ1v) is 10.7. The van der Waals surface area contributed by atoms with E-state index in [1.54, 1.807) is 12.1 Å². The standard InChI is InChI=1S/C26H24FN5O/c1-16-23(25(33)29-19-12-10-18(27)11-13-19)24(17-8-14-20(15-9-17)31(2)3)32-22-7-5-4-6-21(22)30-26(32)28-16/h4-15,24H,1-3H3,(H,28,30)(H,29,33). The van der Waals surface area contributed by atoms with E-state index < -0.39 is 0 Å². The number of hydrogen-bond acceptors (Lipinski definition) is 4. The van der Waals surface area contributed by atoms with Crippen molar-refractivity contribution in [3.8, 4) is 0 Å². The zero-order valence-corrected chi connectivity index (χ0v) is 18.6. The van der Waals surface area contributed by atoms with Crippen molar-refractivity contribution < 1.29 is 9.18 Å². The summed E-state index contributed by atoms with van der Waals surface area (Å²) in [4.78, 5) is 20.3. The minimum atomic E-state index is -0.384. The van der Waals surface area contributed by atoms with Gasteiger partial charge in [0.15, 0.2) is 0 Å². The van der Waals surface area contributed by atoms with E-state index in [9.17, 15) is 9.18 Å². The third kappa shape index (κ3) is 3.71. The number of benzene rings is 3. The van der Waals surface area contributed by atoms with Gasteiger partial charge >= 0.3 is 0 Å². The third-order valence-corrected chi connectivity index (χ3v) is 5.90. The second-order valence-electron chi connectivity index (χ2n) is 8.31. The summed E-state index contributed by atoms with van der Waals surface area (Å²) in [6.07, 6.45) is 0. The van der Waals surface area contributed by atoms with Crippen LogP contribution in [0.5, 0.6) is 0 Å². The molecule has 2 heterocycles. The van der Waals surface area contributed by atoms with Crippen molar-refractivity contribution in [2.75, 3.05) is 29.6 Å². The molecule has 4 aromatic rings. The molecule has 0 saturated heterocycles. The summed E-state index contributed by atoms with van der Waals surface area (Å²) in [5.41, 5.74) is 5.65. The molecule has 33 heavy (non-hydrogen) atoms. The fraction of sp³-hybridized carbons (Fsp3) is 0.154. The summed E-state index contributed by atoms with van der Waals surface area (Å²) in [6.45, 7) is 1.88. The Balaban J connectivity index is 1.64. The van der Waals surface area contributed by atoms with Gasteiger partial charge in [-0.25, -0.2) is 9.37 Å². The second-order valence-corrected chi connectivity index (χ2v) is 8.31. The zero-order chi connectivity index (χ0) is 23.1. The van der Waals surface area contributed by atoms with E-state index in [0.29, 0.717) is 17.2 Å². The summed E-state index contributed by atoms with van der Waals surface area (Å²) < 4.78 is 15.4. The number of carbonyl (C=O) groups excluding carboxylic acids is 1. The molecule has 1 unspecified atom stereocenters. The van der Waals surface area contributed by atoms with E-state index in [-0.39, 0.29) is 17.8 Å². The van der Waals surface area contributed by atoms with Crippen LogP contribution in [0.15, 0.2) is 84.1 Å². The number of carbonyl (C=O) groups is 1. The number of fused-ring (bicyclic) bond motifs is 3. The van der Waals surface area contributed by atoms with Crippen LogP contribution in [0, 0.1) is 5.82 Å². The quantitative estimate of drug-likeness (QED) is 0.459. The third-order valence-electron chi connectivity index (χ3n) is 5.90. The van der Waals surface area contributed by atoms with Gasteiger partial charge in [-0.1, -0.05) is 24.3 Å². The van der Waals surface area contributed by atoms with Gasteiger partial charge in [-0.15, -0.1) is 0 Å². The molecule has 0 aliphatic carbocycles. The molecule has 1 amide bonds. The van der Waals surface area contributed by atoms with E-state index in [2.05, 4.69) is 15.2 Å². The van der Waals surface area contributed by atoms with E-state index in [4.69, 9.17) is 4.98 Å². The fourth-order valence-electron chi connectivity index (χ4n) is 4.26. The van der Waals surface area contributed by atoms with E-state index in [0.717, 1.165) is 28.0 Å². The van der Waals surface area contributed by atoms with Gasteiger partial charge in [0, 0.05) is 31.2 Å². The molecule has 7 heteroatoms. The van der Waals surface area contributed by atoms with Crippen molar-refractivity contribution in [1.82, 2.24) is 9.55 Å². The van der Waals surface area contributed by atoms with Crippen LogP contribution in [-0.4, -0.2) is 29.6 Å². The van der Waals surface area contributed by atoms with Gasteiger partial charge in [-0.05, 0) is 61.0 Å². The predicted octanol–water partition coefficient (Wildman–Crippen LogP) is 5.17. The van der Waals surface area contributed by atoms with Crippen LogP contribution in [0.25, 0.3) is 11.0 Å². The molecule has 6 nitrogen and oxygen atoms in total. The fourth-order valence-corrected chi connectivity index (χ4v) is 4.26. The number of hydrogen-bond donors (Lipinski definition) is 2. The molecule has 2 N–H and O–H groups in total. The molecule has 0 spiro atoms. The van der Waals surface area contributed by atoms with Crippen LogP contribution >= 0.6 is 0 Å². The lowest BCUT2D eigenvalue weighted by molar-refractivity contribution is -0.113. The predicted molar refractivity (Wildman–Crippen MR) is 130 cm³/mol. The van der Waals surface area contributed by atoms with Crippen LogP contribution in [0.1, 0.15) is 18.5 Å². The highest BCUT2D eigenvalue weighted by atomic mass is 19.1. The lowest BCUT2D eigenvalue weighted by Crippen LogP contribution is -2.31. The highest BCUT2D eigenvalue weighted by Gasteiger charge is 2.34. The van der Waals surface area contributed by atoms with Gasteiger partial charge in [0.25, 0.3) is 5.91 Å². The molecule has 1 aliphatic rings. The SMILES string of the molecule is CC1=C(C(=O)Nc2ccc(F)cc2)C(c2ccc(N(C)C)cc2)n2c(nc3ccccc32)N1. The summed E-state index contributed by atoms with van der Waals surface area (Å²) in [5, 5.41) is 6.23. The van der Waals surface area contributed by atoms with Gasteiger partial charge in [0.05, 0.1) is 22.6 Å². The van der Waals surface area contributed by atoms with Gasteiger partial charge < -0.3 is 15.5 Å². The number of amides is 1. The average molecular weight is 442 g/mol. The molecule has 0 fully saturated rings. The highest BCUT2D eigenvalue weighted by Crippen LogP contribution is 2.39. The van der Waals surface area contributed by atoms with Crippen molar-refractivity contribution in [3.63, 3.8) is 0 Å². The van der Waals surface area contributed by atoms with Crippen LogP contribution in [0.2, 0.25) is 0 Å². The van der Waals surface area contributed by atoms with E-state index >= 15 is 0 Å². The first-order chi connectivity index (χ1) is 15.9. The number of halogens is 1. The molecule has 5 rings (SSSR count). The Morgan fingerprint density at radius 1 is 1.03 bits per heavy atom. The largest absolute Gasteiger partial charge is 0.378 e. The Morgan fingerprint density at radius 2 is 1.73 bits per heavy atom. The van der Waals surface area contributed by atoms with Gasteiger partial charge in [-0.3, -0.25) is 9.36 Å². The van der Waals surface area contributed by atoms with Crippen molar-refractivity contribution in [3.05, 3.63) is 95.4 Å². The number of anilines is 3.